The molecule has 0 aliphatic carbocycles. The SMILES string of the molecule is O=C1C(=O)N(c2ncccn2)[C@@H](c2ccccc2)C1=C(O)c1ccc(F)cc1. The van der Waals surface area contributed by atoms with E-state index >= 15 is 0 Å². The molecule has 6 nitrogen and oxygen atoms in total. The minimum Gasteiger partial charge on any atom is -0.507 e. The van der Waals surface area contributed by atoms with Gasteiger partial charge in [0.25, 0.3) is 5.78 Å². The summed E-state index contributed by atoms with van der Waals surface area (Å²) in [5.74, 6) is -2.51. The fourth-order valence-corrected chi connectivity index (χ4v) is 3.17. The predicted molar refractivity (Wildman–Crippen MR) is 99.7 cm³/mol. The van der Waals surface area contributed by atoms with Crippen molar-refractivity contribution in [2.75, 3.05) is 4.90 Å². The first-order chi connectivity index (χ1) is 13.6. The molecular weight excluding hydrogens is 361 g/mol. The normalized spacial score (nSPS) is 18.5. The molecular formula is C21H14FN3O3. The largest absolute Gasteiger partial charge is 0.507 e. The summed E-state index contributed by atoms with van der Waals surface area (Å²) in [6.45, 7) is 0. The number of aliphatic hydroxyl groups excluding tert-OH is 1. The second-order valence-electron chi connectivity index (χ2n) is 6.14. The van der Waals surface area contributed by atoms with Crippen LogP contribution in [0.25, 0.3) is 5.76 Å². The van der Waals surface area contributed by atoms with Crippen LogP contribution in [0.1, 0.15) is 17.2 Å². The van der Waals surface area contributed by atoms with Gasteiger partial charge in [0.05, 0.1) is 11.6 Å². The van der Waals surface area contributed by atoms with Crippen molar-refractivity contribution in [1.82, 2.24) is 9.97 Å². The van der Waals surface area contributed by atoms with Crippen LogP contribution in [-0.4, -0.2) is 26.8 Å². The molecule has 0 spiro atoms. The van der Waals surface area contributed by atoms with E-state index in [1.54, 1.807) is 36.4 Å². The number of carbonyl (C=O) groups is 2. The standard InChI is InChI=1S/C21H14FN3O3/c22-15-9-7-14(8-10-15)18(26)16-17(13-5-2-1-3-6-13)25(20(28)19(16)27)21-23-11-4-12-24-21/h1-12,17,26H/t17-/m0/s1. The number of Topliss-reactive ketones (excluding diaryl/α,β-unsaturated/α-hetero) is 1. The van der Waals surface area contributed by atoms with Gasteiger partial charge in [-0.25, -0.2) is 14.4 Å². The first kappa shape index (κ1) is 17.5. The van der Waals surface area contributed by atoms with Gasteiger partial charge in [0.1, 0.15) is 11.6 Å². The Balaban J connectivity index is 1.94. The number of aliphatic hydroxyl groups is 1. The maximum atomic E-state index is 13.2. The second kappa shape index (κ2) is 7.03. The quantitative estimate of drug-likeness (QED) is 0.432. The second-order valence-corrected chi connectivity index (χ2v) is 6.14. The third-order valence-corrected chi connectivity index (χ3v) is 4.45. The van der Waals surface area contributed by atoms with E-state index in [-0.39, 0.29) is 22.8 Å². The van der Waals surface area contributed by atoms with Gasteiger partial charge in [-0.3, -0.25) is 14.5 Å². The molecule has 1 aromatic heterocycles. The molecule has 1 fully saturated rings. The maximum Gasteiger partial charge on any atom is 0.302 e. The molecule has 1 atom stereocenters. The van der Waals surface area contributed by atoms with Crippen molar-refractivity contribution in [3.63, 3.8) is 0 Å². The van der Waals surface area contributed by atoms with E-state index < -0.39 is 23.5 Å². The first-order valence-corrected chi connectivity index (χ1v) is 8.47. The lowest BCUT2D eigenvalue weighted by atomic mass is 9.95. The monoisotopic (exact) mass is 375 g/mol. The zero-order valence-electron chi connectivity index (χ0n) is 14.5. The Morgan fingerprint density at radius 1 is 0.929 bits per heavy atom. The van der Waals surface area contributed by atoms with Crippen molar-refractivity contribution in [2.24, 2.45) is 0 Å². The summed E-state index contributed by atoms with van der Waals surface area (Å²) >= 11 is 0. The molecule has 1 aliphatic rings. The number of rotatable bonds is 3. The zero-order valence-corrected chi connectivity index (χ0v) is 14.5. The van der Waals surface area contributed by atoms with E-state index in [4.69, 9.17) is 0 Å². The highest BCUT2D eigenvalue weighted by atomic mass is 19.1. The predicted octanol–water partition coefficient (Wildman–Crippen LogP) is 3.24. The third kappa shape index (κ3) is 2.92. The minimum absolute atomic E-state index is 0.0524. The molecule has 1 aliphatic heterocycles. The smallest absolute Gasteiger partial charge is 0.302 e. The highest BCUT2D eigenvalue weighted by molar-refractivity contribution is 6.51. The lowest BCUT2D eigenvalue weighted by Gasteiger charge is -2.23. The number of halogens is 1. The number of benzene rings is 2. The Morgan fingerprint density at radius 2 is 1.57 bits per heavy atom. The van der Waals surface area contributed by atoms with Crippen LogP contribution >= 0.6 is 0 Å². The molecule has 3 aromatic rings. The van der Waals surface area contributed by atoms with E-state index in [9.17, 15) is 19.1 Å². The molecule has 4 rings (SSSR count). The molecule has 0 unspecified atom stereocenters. The van der Waals surface area contributed by atoms with Gasteiger partial charge in [0.2, 0.25) is 5.95 Å². The molecule has 0 radical (unpaired) electrons. The fraction of sp³-hybridized carbons (Fsp3) is 0.0476. The van der Waals surface area contributed by atoms with Gasteiger partial charge in [0, 0.05) is 18.0 Å². The number of aromatic nitrogens is 2. The van der Waals surface area contributed by atoms with Gasteiger partial charge in [-0.05, 0) is 35.9 Å². The van der Waals surface area contributed by atoms with Gasteiger partial charge < -0.3 is 5.11 Å². The number of ketones is 1. The van der Waals surface area contributed by atoms with Gasteiger partial charge in [0.15, 0.2) is 0 Å². The Kier molecular flexibility index (Phi) is 4.41. The van der Waals surface area contributed by atoms with Gasteiger partial charge in [-0.15, -0.1) is 0 Å². The highest BCUT2D eigenvalue weighted by Gasteiger charge is 2.48. The maximum absolute atomic E-state index is 13.2. The van der Waals surface area contributed by atoms with Crippen molar-refractivity contribution in [1.29, 1.82) is 0 Å². The topological polar surface area (TPSA) is 83.4 Å². The van der Waals surface area contributed by atoms with E-state index in [0.29, 0.717) is 5.56 Å². The number of hydrogen-bond acceptors (Lipinski definition) is 5. The van der Waals surface area contributed by atoms with Gasteiger partial charge in [-0.2, -0.15) is 0 Å². The Labute approximate surface area is 159 Å². The Bertz CT molecular complexity index is 1070. The van der Waals surface area contributed by atoms with Crippen LogP contribution in [0.5, 0.6) is 0 Å². The summed E-state index contributed by atoms with van der Waals surface area (Å²) in [4.78, 5) is 34.9. The van der Waals surface area contributed by atoms with E-state index in [2.05, 4.69) is 9.97 Å². The lowest BCUT2D eigenvalue weighted by Crippen LogP contribution is -2.31. The molecule has 28 heavy (non-hydrogen) atoms. The van der Waals surface area contributed by atoms with Crippen molar-refractivity contribution in [3.05, 3.63) is 95.6 Å². The average Bonchev–Trinajstić information content (AvgIpc) is 3.00. The van der Waals surface area contributed by atoms with E-state index in [1.807, 2.05) is 0 Å². The van der Waals surface area contributed by atoms with E-state index in [0.717, 1.165) is 4.90 Å². The molecule has 1 N–H and O–H groups in total. The Hall–Kier alpha value is -3.87. The van der Waals surface area contributed by atoms with Gasteiger partial charge >= 0.3 is 5.91 Å². The van der Waals surface area contributed by atoms with E-state index in [1.165, 1.54) is 36.7 Å². The number of amides is 1. The fourth-order valence-electron chi connectivity index (χ4n) is 3.17. The molecule has 0 saturated carbocycles. The van der Waals surface area contributed by atoms with Crippen LogP contribution in [0.2, 0.25) is 0 Å². The highest BCUT2D eigenvalue weighted by Crippen LogP contribution is 2.40. The number of hydrogen-bond donors (Lipinski definition) is 1. The summed E-state index contributed by atoms with van der Waals surface area (Å²) in [6, 6.07) is 14.5. The summed E-state index contributed by atoms with van der Waals surface area (Å²) in [7, 11) is 0. The van der Waals surface area contributed by atoms with Crippen LogP contribution in [0, 0.1) is 5.82 Å². The Morgan fingerprint density at radius 3 is 2.21 bits per heavy atom. The summed E-state index contributed by atoms with van der Waals surface area (Å²) in [5.41, 5.74) is 0.738. The summed E-state index contributed by atoms with van der Waals surface area (Å²) < 4.78 is 13.2. The van der Waals surface area contributed by atoms with Crippen molar-refractivity contribution in [2.45, 2.75) is 6.04 Å². The summed E-state index contributed by atoms with van der Waals surface area (Å²) in [5, 5.41) is 10.8. The third-order valence-electron chi connectivity index (χ3n) is 4.45. The van der Waals surface area contributed by atoms with Crippen molar-refractivity contribution >= 4 is 23.4 Å². The number of anilines is 1. The molecule has 2 heterocycles. The number of carbonyl (C=O) groups excluding carboxylic acids is 2. The van der Waals surface area contributed by atoms with Crippen LogP contribution in [0.3, 0.4) is 0 Å². The van der Waals surface area contributed by atoms with Crippen LogP contribution < -0.4 is 4.90 Å². The van der Waals surface area contributed by atoms with Crippen molar-refractivity contribution < 1.29 is 19.1 Å². The van der Waals surface area contributed by atoms with Crippen LogP contribution in [0.15, 0.2) is 78.6 Å². The lowest BCUT2D eigenvalue weighted by molar-refractivity contribution is -0.132. The minimum atomic E-state index is -0.909. The van der Waals surface area contributed by atoms with Crippen molar-refractivity contribution in [3.8, 4) is 0 Å². The number of nitrogens with zero attached hydrogens (tertiary/aromatic N) is 3. The van der Waals surface area contributed by atoms with Crippen LogP contribution in [0.4, 0.5) is 10.3 Å². The molecule has 1 saturated heterocycles. The average molecular weight is 375 g/mol. The molecule has 1 amide bonds. The first-order valence-electron chi connectivity index (χ1n) is 8.47. The van der Waals surface area contributed by atoms with Gasteiger partial charge in [-0.1, -0.05) is 30.3 Å². The molecule has 0 bridgehead atoms. The van der Waals surface area contributed by atoms with Crippen LogP contribution in [-0.2, 0) is 9.59 Å². The zero-order chi connectivity index (χ0) is 19.7. The molecule has 2 aromatic carbocycles. The molecule has 138 valence electrons. The molecule has 7 heteroatoms. The summed E-state index contributed by atoms with van der Waals surface area (Å²) in [6.07, 6.45) is 2.92.